The van der Waals surface area contributed by atoms with Gasteiger partial charge in [0.2, 0.25) is 0 Å². The van der Waals surface area contributed by atoms with Gasteiger partial charge in [-0.3, -0.25) is 4.90 Å². The van der Waals surface area contributed by atoms with E-state index in [0.717, 1.165) is 32.7 Å². The number of alkyl halides is 2. The molecule has 0 bridgehead atoms. The van der Waals surface area contributed by atoms with Crippen LogP contribution in [0.2, 0.25) is 0 Å². The molecule has 0 amide bonds. The first-order valence-electron chi connectivity index (χ1n) is 5.61. The fraction of sp³-hybridized carbons (Fsp3) is 1.00. The van der Waals surface area contributed by atoms with Crippen molar-refractivity contribution in [1.82, 2.24) is 15.1 Å². The summed E-state index contributed by atoms with van der Waals surface area (Å²) in [4.78, 5) is 3.67. The Bertz CT molecular complexity index is 217. The van der Waals surface area contributed by atoms with Gasteiger partial charge in [0.15, 0.2) is 0 Å². The minimum absolute atomic E-state index is 0.0956. The van der Waals surface area contributed by atoms with E-state index in [0.29, 0.717) is 6.42 Å². The zero-order valence-corrected chi connectivity index (χ0v) is 9.18. The molecule has 1 N–H and O–H groups in total. The predicted molar refractivity (Wildman–Crippen MR) is 55.3 cm³/mol. The lowest BCUT2D eigenvalue weighted by Gasteiger charge is -2.44. The molecule has 2 aliphatic rings. The second-order valence-corrected chi connectivity index (χ2v) is 4.59. The Morgan fingerprint density at radius 3 is 2.47 bits per heavy atom. The van der Waals surface area contributed by atoms with Gasteiger partial charge in [0.25, 0.3) is 5.92 Å². The largest absolute Gasteiger partial charge is 0.314 e. The number of likely N-dealkylation sites (tertiary alicyclic amines) is 1. The van der Waals surface area contributed by atoms with Crippen LogP contribution in [0.4, 0.5) is 8.78 Å². The van der Waals surface area contributed by atoms with Crippen LogP contribution in [0.25, 0.3) is 0 Å². The van der Waals surface area contributed by atoms with Gasteiger partial charge in [-0.15, -0.1) is 0 Å². The molecule has 1 atom stereocenters. The van der Waals surface area contributed by atoms with Crippen LogP contribution in [-0.2, 0) is 0 Å². The Labute approximate surface area is 89.4 Å². The summed E-state index contributed by atoms with van der Waals surface area (Å²) in [5, 5.41) is 3.19. The Balaban J connectivity index is 2.00. The smallest absolute Gasteiger partial charge is 0.275 e. The van der Waals surface area contributed by atoms with Crippen LogP contribution in [0.3, 0.4) is 0 Å². The van der Waals surface area contributed by atoms with Crippen LogP contribution in [-0.4, -0.2) is 68.1 Å². The van der Waals surface area contributed by atoms with Crippen LogP contribution in [0, 0.1) is 0 Å². The molecule has 0 spiro atoms. The Morgan fingerprint density at radius 2 is 1.87 bits per heavy atom. The molecule has 2 aliphatic heterocycles. The molecule has 0 aromatic heterocycles. The van der Waals surface area contributed by atoms with Gasteiger partial charge in [-0.05, 0) is 20.0 Å². The number of nitrogens with one attached hydrogen (secondary N) is 1. The number of rotatable bonds is 1. The van der Waals surface area contributed by atoms with Gasteiger partial charge in [-0.2, -0.15) is 0 Å². The zero-order valence-electron chi connectivity index (χ0n) is 9.18. The standard InChI is InChI=1S/C10H19F2N3/c1-14-5-2-9(10(11,12)8-14)15-6-3-13-4-7-15/h9,13H,2-8H2,1H3. The molecule has 3 nitrogen and oxygen atoms in total. The second-order valence-electron chi connectivity index (χ2n) is 4.59. The summed E-state index contributed by atoms with van der Waals surface area (Å²) in [6.45, 7) is 3.87. The SMILES string of the molecule is CN1CCC(N2CCNCC2)C(F)(F)C1. The maximum absolute atomic E-state index is 13.8. The van der Waals surface area contributed by atoms with Crippen molar-refractivity contribution in [2.75, 3.05) is 46.3 Å². The van der Waals surface area contributed by atoms with E-state index in [1.54, 1.807) is 11.9 Å². The van der Waals surface area contributed by atoms with Crippen LogP contribution in [0.15, 0.2) is 0 Å². The van der Waals surface area contributed by atoms with Crippen molar-refractivity contribution in [3.05, 3.63) is 0 Å². The summed E-state index contributed by atoms with van der Waals surface area (Å²) >= 11 is 0. The number of piperazine rings is 1. The molecule has 0 aliphatic carbocycles. The molecule has 0 aromatic rings. The highest BCUT2D eigenvalue weighted by Crippen LogP contribution is 2.30. The maximum atomic E-state index is 13.8. The van der Waals surface area contributed by atoms with E-state index in [-0.39, 0.29) is 6.54 Å². The normalized spacial score (nSPS) is 34.2. The Hall–Kier alpha value is -0.260. The molecule has 5 heteroatoms. The van der Waals surface area contributed by atoms with Gasteiger partial charge in [0.05, 0.1) is 12.6 Å². The number of piperidine rings is 1. The molecule has 15 heavy (non-hydrogen) atoms. The molecule has 0 radical (unpaired) electrons. The van der Waals surface area contributed by atoms with Gasteiger partial charge in [0, 0.05) is 26.2 Å². The van der Waals surface area contributed by atoms with E-state index in [2.05, 4.69) is 5.32 Å². The van der Waals surface area contributed by atoms with Crippen molar-refractivity contribution in [2.24, 2.45) is 0 Å². The monoisotopic (exact) mass is 219 g/mol. The summed E-state index contributed by atoms with van der Waals surface area (Å²) in [7, 11) is 1.77. The highest BCUT2D eigenvalue weighted by atomic mass is 19.3. The highest BCUT2D eigenvalue weighted by Gasteiger charge is 2.46. The molecule has 2 rings (SSSR count). The fourth-order valence-corrected chi connectivity index (χ4v) is 2.54. The fourth-order valence-electron chi connectivity index (χ4n) is 2.54. The predicted octanol–water partition coefficient (Wildman–Crippen LogP) is 0.231. The first kappa shape index (κ1) is 11.2. The van der Waals surface area contributed by atoms with E-state index in [9.17, 15) is 8.78 Å². The quantitative estimate of drug-likeness (QED) is 0.681. The second kappa shape index (κ2) is 4.31. The first-order valence-corrected chi connectivity index (χ1v) is 5.61. The average molecular weight is 219 g/mol. The van der Waals surface area contributed by atoms with Gasteiger partial charge in [-0.25, -0.2) is 8.78 Å². The molecule has 2 heterocycles. The Morgan fingerprint density at radius 1 is 1.20 bits per heavy atom. The van der Waals surface area contributed by atoms with E-state index >= 15 is 0 Å². The van der Waals surface area contributed by atoms with Crippen LogP contribution >= 0.6 is 0 Å². The van der Waals surface area contributed by atoms with Gasteiger partial charge in [-0.1, -0.05) is 0 Å². The van der Waals surface area contributed by atoms with Gasteiger partial charge >= 0.3 is 0 Å². The summed E-state index contributed by atoms with van der Waals surface area (Å²) < 4.78 is 27.6. The molecular formula is C10H19F2N3. The minimum atomic E-state index is -2.55. The van der Waals surface area contributed by atoms with Crippen molar-refractivity contribution in [1.29, 1.82) is 0 Å². The van der Waals surface area contributed by atoms with Crippen molar-refractivity contribution >= 4 is 0 Å². The van der Waals surface area contributed by atoms with E-state index in [4.69, 9.17) is 0 Å². The van der Waals surface area contributed by atoms with E-state index < -0.39 is 12.0 Å². The molecule has 0 aromatic carbocycles. The van der Waals surface area contributed by atoms with Crippen molar-refractivity contribution in [3.63, 3.8) is 0 Å². The van der Waals surface area contributed by atoms with Crippen LogP contribution in [0.1, 0.15) is 6.42 Å². The summed E-state index contributed by atoms with van der Waals surface area (Å²) in [6.07, 6.45) is 0.587. The molecule has 0 saturated carbocycles. The summed E-state index contributed by atoms with van der Waals surface area (Å²) in [6, 6.07) is -0.546. The third-order valence-corrected chi connectivity index (χ3v) is 3.34. The van der Waals surface area contributed by atoms with Crippen molar-refractivity contribution < 1.29 is 8.78 Å². The molecule has 2 saturated heterocycles. The number of hydrogen-bond donors (Lipinski definition) is 1. The van der Waals surface area contributed by atoms with Gasteiger partial charge < -0.3 is 10.2 Å². The summed E-state index contributed by atoms with van der Waals surface area (Å²) in [5.74, 6) is -2.55. The van der Waals surface area contributed by atoms with Crippen molar-refractivity contribution in [3.8, 4) is 0 Å². The number of nitrogens with zero attached hydrogens (tertiary/aromatic N) is 2. The third kappa shape index (κ3) is 2.46. The zero-order chi connectivity index (χ0) is 10.9. The molecule has 88 valence electrons. The van der Waals surface area contributed by atoms with E-state index in [1.165, 1.54) is 0 Å². The molecule has 2 fully saturated rings. The molecule has 1 unspecified atom stereocenters. The number of hydrogen-bond acceptors (Lipinski definition) is 3. The first-order chi connectivity index (χ1) is 7.09. The third-order valence-electron chi connectivity index (χ3n) is 3.34. The average Bonchev–Trinajstić information content (AvgIpc) is 2.17. The van der Waals surface area contributed by atoms with Crippen LogP contribution in [0.5, 0.6) is 0 Å². The number of halogens is 2. The maximum Gasteiger partial charge on any atom is 0.275 e. The van der Waals surface area contributed by atoms with E-state index in [1.807, 2.05) is 4.90 Å². The van der Waals surface area contributed by atoms with Crippen LogP contribution < -0.4 is 5.32 Å². The Kier molecular flexibility index (Phi) is 3.23. The minimum Gasteiger partial charge on any atom is -0.314 e. The lowest BCUT2D eigenvalue weighted by atomic mass is 9.99. The van der Waals surface area contributed by atoms with Gasteiger partial charge in [0.1, 0.15) is 0 Å². The highest BCUT2D eigenvalue weighted by molar-refractivity contribution is 4.93. The van der Waals surface area contributed by atoms with Crippen molar-refractivity contribution in [2.45, 2.75) is 18.4 Å². The topological polar surface area (TPSA) is 18.5 Å². The lowest BCUT2D eigenvalue weighted by molar-refractivity contribution is -0.124. The summed E-state index contributed by atoms with van der Waals surface area (Å²) in [5.41, 5.74) is 0. The molecular weight excluding hydrogens is 200 g/mol. The lowest BCUT2D eigenvalue weighted by Crippen LogP contribution is -2.60.